The van der Waals surface area contributed by atoms with Crippen LogP contribution >= 0.6 is 0 Å². The second-order valence-electron chi connectivity index (χ2n) is 7.77. The van der Waals surface area contributed by atoms with E-state index in [9.17, 15) is 14.7 Å². The van der Waals surface area contributed by atoms with Gasteiger partial charge < -0.3 is 9.84 Å². The van der Waals surface area contributed by atoms with E-state index in [2.05, 4.69) is 0 Å². The fraction of sp³-hybridized carbons (Fsp3) is 0.185. The Labute approximate surface area is 187 Å². The molecule has 1 atom stereocenters. The first-order chi connectivity index (χ1) is 15.4. The number of carbonyl (C=O) groups excluding carboxylic acids is 2. The predicted octanol–water partition coefficient (Wildman–Crippen LogP) is 5.33. The van der Waals surface area contributed by atoms with E-state index in [1.54, 1.807) is 24.3 Å². The molecule has 32 heavy (non-hydrogen) atoms. The monoisotopic (exact) mass is 427 g/mol. The maximum atomic E-state index is 13.3. The van der Waals surface area contributed by atoms with Crippen LogP contribution in [0.3, 0.4) is 0 Å². The number of amides is 1. The summed E-state index contributed by atoms with van der Waals surface area (Å²) in [6, 6.07) is 21.2. The molecular weight excluding hydrogens is 402 g/mol. The Bertz CT molecular complexity index is 1230. The topological polar surface area (TPSA) is 66.8 Å². The summed E-state index contributed by atoms with van der Waals surface area (Å²) in [5, 5.41) is 11.3. The molecule has 162 valence electrons. The van der Waals surface area contributed by atoms with Crippen LogP contribution in [0.1, 0.15) is 35.2 Å². The lowest BCUT2D eigenvalue weighted by molar-refractivity contribution is -0.132. The molecule has 5 nitrogen and oxygen atoms in total. The summed E-state index contributed by atoms with van der Waals surface area (Å²) in [7, 11) is 0. The highest BCUT2D eigenvalue weighted by atomic mass is 16.5. The van der Waals surface area contributed by atoms with E-state index in [0.717, 1.165) is 16.7 Å². The van der Waals surface area contributed by atoms with Gasteiger partial charge in [-0.15, -0.1) is 0 Å². The van der Waals surface area contributed by atoms with Gasteiger partial charge in [-0.25, -0.2) is 0 Å². The number of rotatable bonds is 5. The molecule has 1 saturated heterocycles. The summed E-state index contributed by atoms with van der Waals surface area (Å²) in [6.07, 6.45) is 0. The average Bonchev–Trinajstić information content (AvgIpc) is 3.05. The van der Waals surface area contributed by atoms with Crippen LogP contribution < -0.4 is 9.64 Å². The van der Waals surface area contributed by atoms with Crippen LogP contribution in [0.2, 0.25) is 0 Å². The molecule has 1 aliphatic heterocycles. The van der Waals surface area contributed by atoms with Crippen LogP contribution in [0.5, 0.6) is 5.75 Å². The Morgan fingerprint density at radius 3 is 2.31 bits per heavy atom. The van der Waals surface area contributed by atoms with Gasteiger partial charge in [0.2, 0.25) is 0 Å². The fourth-order valence-electron chi connectivity index (χ4n) is 4.16. The van der Waals surface area contributed by atoms with E-state index < -0.39 is 17.7 Å². The quantitative estimate of drug-likeness (QED) is 0.340. The van der Waals surface area contributed by atoms with Crippen LogP contribution in [0.15, 0.2) is 78.4 Å². The van der Waals surface area contributed by atoms with Crippen molar-refractivity contribution in [2.45, 2.75) is 26.8 Å². The number of ketones is 1. The molecule has 0 bridgehead atoms. The Morgan fingerprint density at radius 1 is 0.938 bits per heavy atom. The summed E-state index contributed by atoms with van der Waals surface area (Å²) in [5.41, 5.74) is 3.72. The lowest BCUT2D eigenvalue weighted by Crippen LogP contribution is -2.30. The largest absolute Gasteiger partial charge is 0.507 e. The van der Waals surface area contributed by atoms with Crippen molar-refractivity contribution >= 4 is 23.1 Å². The van der Waals surface area contributed by atoms with Gasteiger partial charge in [0, 0.05) is 11.3 Å². The third-order valence-corrected chi connectivity index (χ3v) is 5.72. The number of aliphatic hydroxyl groups is 1. The van der Waals surface area contributed by atoms with Gasteiger partial charge in [-0.1, -0.05) is 54.6 Å². The molecule has 0 aliphatic carbocycles. The standard InChI is InChI=1S/C27H25NO4/c1-4-32-20-13-9-12-19(16-20)25(29)23-24(21-14-7-5-10-17(21)2)28(27(31)26(23)30)22-15-8-6-11-18(22)3/h5-16,24,29H,4H2,1-3H3/b25-23+. The molecular formula is C27H25NO4. The van der Waals surface area contributed by atoms with Gasteiger partial charge in [0.25, 0.3) is 11.7 Å². The Balaban J connectivity index is 1.97. The number of Topliss-reactive ketones (excluding diaryl/α,β-unsaturated/α-hetero) is 1. The third-order valence-electron chi connectivity index (χ3n) is 5.72. The summed E-state index contributed by atoms with van der Waals surface area (Å²) in [5.74, 6) is -0.998. The molecule has 4 rings (SSSR count). The van der Waals surface area contributed by atoms with Crippen LogP contribution in [0.25, 0.3) is 5.76 Å². The van der Waals surface area contributed by atoms with Gasteiger partial charge >= 0.3 is 0 Å². The van der Waals surface area contributed by atoms with Crippen molar-refractivity contribution in [2.24, 2.45) is 0 Å². The number of aryl methyl sites for hydroxylation is 2. The first kappa shape index (κ1) is 21.4. The van der Waals surface area contributed by atoms with Crippen molar-refractivity contribution in [3.05, 3.63) is 101 Å². The Kier molecular flexibility index (Phi) is 5.82. The summed E-state index contributed by atoms with van der Waals surface area (Å²) < 4.78 is 5.55. The molecule has 1 heterocycles. The fourth-order valence-corrected chi connectivity index (χ4v) is 4.16. The molecule has 0 aromatic heterocycles. The zero-order chi connectivity index (χ0) is 22.8. The highest BCUT2D eigenvalue weighted by Gasteiger charge is 2.47. The van der Waals surface area contributed by atoms with Gasteiger partial charge in [-0.2, -0.15) is 0 Å². The normalized spacial score (nSPS) is 17.6. The lowest BCUT2D eigenvalue weighted by atomic mass is 9.92. The molecule has 3 aromatic rings. The summed E-state index contributed by atoms with van der Waals surface area (Å²) >= 11 is 0. The van der Waals surface area contributed by atoms with Crippen molar-refractivity contribution in [3.8, 4) is 5.75 Å². The SMILES string of the molecule is CCOc1cccc(/C(O)=C2\C(=O)C(=O)N(c3ccccc3C)C2c2ccccc2C)c1. The van der Waals surface area contributed by atoms with Crippen molar-refractivity contribution in [2.75, 3.05) is 11.5 Å². The van der Waals surface area contributed by atoms with Crippen molar-refractivity contribution < 1.29 is 19.4 Å². The number of carbonyl (C=O) groups is 2. The zero-order valence-corrected chi connectivity index (χ0v) is 18.3. The number of aliphatic hydroxyl groups excluding tert-OH is 1. The number of ether oxygens (including phenoxy) is 1. The Hall–Kier alpha value is -3.86. The molecule has 1 fully saturated rings. The smallest absolute Gasteiger partial charge is 0.300 e. The van der Waals surface area contributed by atoms with Crippen LogP contribution in [0.4, 0.5) is 5.69 Å². The molecule has 5 heteroatoms. The van der Waals surface area contributed by atoms with E-state index in [1.807, 2.05) is 69.3 Å². The summed E-state index contributed by atoms with van der Waals surface area (Å²) in [4.78, 5) is 28.1. The van der Waals surface area contributed by atoms with E-state index in [-0.39, 0.29) is 11.3 Å². The maximum Gasteiger partial charge on any atom is 0.300 e. The highest BCUT2D eigenvalue weighted by molar-refractivity contribution is 6.51. The van der Waals surface area contributed by atoms with Gasteiger partial charge in [-0.05, 0) is 55.7 Å². The van der Waals surface area contributed by atoms with Crippen LogP contribution in [-0.4, -0.2) is 23.4 Å². The number of nitrogens with zero attached hydrogens (tertiary/aromatic N) is 1. The van der Waals surface area contributed by atoms with Gasteiger partial charge in [0.15, 0.2) is 0 Å². The van der Waals surface area contributed by atoms with E-state index in [0.29, 0.717) is 23.6 Å². The van der Waals surface area contributed by atoms with Gasteiger partial charge in [0.05, 0.1) is 18.2 Å². The maximum absolute atomic E-state index is 13.3. The highest BCUT2D eigenvalue weighted by Crippen LogP contribution is 2.44. The molecule has 0 radical (unpaired) electrons. The van der Waals surface area contributed by atoms with E-state index >= 15 is 0 Å². The molecule has 0 saturated carbocycles. The number of anilines is 1. The third kappa shape index (κ3) is 3.66. The number of hydrogen-bond acceptors (Lipinski definition) is 4. The first-order valence-corrected chi connectivity index (χ1v) is 10.6. The molecule has 0 spiro atoms. The second kappa shape index (κ2) is 8.71. The minimum atomic E-state index is -0.743. The molecule has 1 unspecified atom stereocenters. The summed E-state index contributed by atoms with van der Waals surface area (Å²) in [6.45, 7) is 6.18. The number of benzene rings is 3. The zero-order valence-electron chi connectivity index (χ0n) is 18.3. The van der Waals surface area contributed by atoms with E-state index in [1.165, 1.54) is 4.90 Å². The second-order valence-corrected chi connectivity index (χ2v) is 7.77. The predicted molar refractivity (Wildman–Crippen MR) is 125 cm³/mol. The number of hydrogen-bond donors (Lipinski definition) is 1. The minimum absolute atomic E-state index is 0.0706. The van der Waals surface area contributed by atoms with Crippen molar-refractivity contribution in [1.29, 1.82) is 0 Å². The van der Waals surface area contributed by atoms with Crippen molar-refractivity contribution in [3.63, 3.8) is 0 Å². The first-order valence-electron chi connectivity index (χ1n) is 10.6. The molecule has 1 amide bonds. The van der Waals surface area contributed by atoms with Gasteiger partial charge in [0.1, 0.15) is 11.5 Å². The Morgan fingerprint density at radius 2 is 1.62 bits per heavy atom. The van der Waals surface area contributed by atoms with Crippen LogP contribution in [0, 0.1) is 13.8 Å². The van der Waals surface area contributed by atoms with Crippen molar-refractivity contribution in [1.82, 2.24) is 0 Å². The lowest BCUT2D eigenvalue weighted by Gasteiger charge is -2.27. The number of para-hydroxylation sites is 1. The molecule has 3 aromatic carbocycles. The molecule has 1 aliphatic rings. The van der Waals surface area contributed by atoms with E-state index in [4.69, 9.17) is 4.74 Å². The minimum Gasteiger partial charge on any atom is -0.507 e. The van der Waals surface area contributed by atoms with Crippen LogP contribution in [-0.2, 0) is 9.59 Å². The molecule has 1 N–H and O–H groups in total. The van der Waals surface area contributed by atoms with Gasteiger partial charge in [-0.3, -0.25) is 14.5 Å². The average molecular weight is 428 g/mol.